The van der Waals surface area contributed by atoms with E-state index in [-0.39, 0.29) is 18.1 Å². The molecule has 2 saturated heterocycles. The summed E-state index contributed by atoms with van der Waals surface area (Å²) in [5.74, 6) is 0.136. The number of nitrogens with two attached hydrogens (primary N) is 1. The molecule has 1 aromatic rings. The fourth-order valence-electron chi connectivity index (χ4n) is 3.77. The van der Waals surface area contributed by atoms with Gasteiger partial charge in [-0.3, -0.25) is 0 Å². The maximum atomic E-state index is 11.2. The Bertz CT molecular complexity index is 453. The van der Waals surface area contributed by atoms with Crippen LogP contribution in [0.1, 0.15) is 31.2 Å². The van der Waals surface area contributed by atoms with Gasteiger partial charge in [-0.15, -0.1) is 0 Å². The quantitative estimate of drug-likeness (QED) is 0.891. The van der Waals surface area contributed by atoms with E-state index in [1.807, 2.05) is 30.3 Å². The Labute approximate surface area is 126 Å². The van der Waals surface area contributed by atoms with E-state index in [1.54, 1.807) is 0 Å². The van der Waals surface area contributed by atoms with Crippen LogP contribution in [0.4, 0.5) is 0 Å². The standard InChI is InChI=1S/C17H25NO3/c18-13-17(19,14-4-2-1-3-5-14)15-6-9-21-16(12-15)7-10-20-11-8-16/h1-5,15,19H,6-13,18H2. The summed E-state index contributed by atoms with van der Waals surface area (Å²) in [6.07, 6.45) is 3.54. The third-order valence-corrected chi connectivity index (χ3v) is 5.16. The minimum absolute atomic E-state index is 0.126. The monoisotopic (exact) mass is 291 g/mol. The topological polar surface area (TPSA) is 64.7 Å². The van der Waals surface area contributed by atoms with Gasteiger partial charge in [0.05, 0.1) is 5.60 Å². The van der Waals surface area contributed by atoms with Crippen molar-refractivity contribution in [3.05, 3.63) is 35.9 Å². The number of benzene rings is 1. The molecule has 0 radical (unpaired) electrons. The summed E-state index contributed by atoms with van der Waals surface area (Å²) in [6.45, 7) is 2.44. The van der Waals surface area contributed by atoms with Crippen molar-refractivity contribution in [2.45, 2.75) is 36.9 Å². The third-order valence-electron chi connectivity index (χ3n) is 5.16. The Balaban J connectivity index is 1.83. The highest BCUT2D eigenvalue weighted by Crippen LogP contribution is 2.44. The van der Waals surface area contributed by atoms with E-state index >= 15 is 0 Å². The van der Waals surface area contributed by atoms with Crippen LogP contribution in [0, 0.1) is 5.92 Å². The lowest BCUT2D eigenvalue weighted by atomic mass is 9.70. The minimum atomic E-state index is -0.962. The van der Waals surface area contributed by atoms with Crippen LogP contribution in [0.5, 0.6) is 0 Å². The van der Waals surface area contributed by atoms with Gasteiger partial charge in [0.2, 0.25) is 0 Å². The first-order valence-electron chi connectivity index (χ1n) is 7.88. The summed E-state index contributed by atoms with van der Waals surface area (Å²) in [4.78, 5) is 0. The number of rotatable bonds is 3. The Hall–Kier alpha value is -0.940. The van der Waals surface area contributed by atoms with Crippen molar-refractivity contribution >= 4 is 0 Å². The molecule has 21 heavy (non-hydrogen) atoms. The maximum absolute atomic E-state index is 11.2. The molecule has 0 amide bonds. The molecule has 2 unspecified atom stereocenters. The summed E-state index contributed by atoms with van der Waals surface area (Å²) in [7, 11) is 0. The van der Waals surface area contributed by atoms with Crippen LogP contribution in [0.15, 0.2) is 30.3 Å². The zero-order chi connectivity index (χ0) is 14.8. The van der Waals surface area contributed by atoms with Crippen LogP contribution in [-0.4, -0.2) is 37.1 Å². The maximum Gasteiger partial charge on any atom is 0.105 e. The second kappa shape index (κ2) is 6.05. The molecule has 2 heterocycles. The highest BCUT2D eigenvalue weighted by molar-refractivity contribution is 5.24. The lowest BCUT2D eigenvalue weighted by Crippen LogP contribution is -2.52. The van der Waals surface area contributed by atoms with E-state index in [1.165, 1.54) is 0 Å². The summed E-state index contributed by atoms with van der Waals surface area (Å²) in [6, 6.07) is 9.82. The molecule has 3 N–H and O–H groups in total. The number of ether oxygens (including phenoxy) is 2. The van der Waals surface area contributed by atoms with Crippen LogP contribution in [-0.2, 0) is 15.1 Å². The van der Waals surface area contributed by atoms with Crippen LogP contribution >= 0.6 is 0 Å². The van der Waals surface area contributed by atoms with Crippen molar-refractivity contribution < 1.29 is 14.6 Å². The highest BCUT2D eigenvalue weighted by atomic mass is 16.5. The predicted octanol–water partition coefficient (Wildman–Crippen LogP) is 1.81. The SMILES string of the molecule is NCC(O)(c1ccccc1)C1CCOC2(CCOCC2)C1. The fourth-order valence-corrected chi connectivity index (χ4v) is 3.77. The lowest BCUT2D eigenvalue weighted by molar-refractivity contribution is -0.175. The van der Waals surface area contributed by atoms with Gasteiger partial charge >= 0.3 is 0 Å². The minimum Gasteiger partial charge on any atom is -0.384 e. The molecule has 2 fully saturated rings. The van der Waals surface area contributed by atoms with Crippen LogP contribution < -0.4 is 5.73 Å². The smallest absolute Gasteiger partial charge is 0.105 e. The third kappa shape index (κ3) is 2.86. The van der Waals surface area contributed by atoms with Crippen LogP contribution in [0.2, 0.25) is 0 Å². The van der Waals surface area contributed by atoms with E-state index in [4.69, 9.17) is 15.2 Å². The first-order chi connectivity index (χ1) is 10.2. The fraction of sp³-hybridized carbons (Fsp3) is 0.647. The summed E-state index contributed by atoms with van der Waals surface area (Å²) in [5.41, 5.74) is 5.80. The summed E-state index contributed by atoms with van der Waals surface area (Å²) < 4.78 is 11.5. The molecule has 3 rings (SSSR count). The molecule has 2 aliphatic heterocycles. The Morgan fingerprint density at radius 2 is 1.90 bits per heavy atom. The molecular weight excluding hydrogens is 266 g/mol. The van der Waals surface area contributed by atoms with Gasteiger partial charge in [-0.1, -0.05) is 30.3 Å². The van der Waals surface area contributed by atoms with Crippen molar-refractivity contribution in [2.75, 3.05) is 26.4 Å². The van der Waals surface area contributed by atoms with Crippen molar-refractivity contribution in [1.29, 1.82) is 0 Å². The molecular formula is C17H25NO3. The largest absolute Gasteiger partial charge is 0.384 e. The van der Waals surface area contributed by atoms with E-state index in [2.05, 4.69) is 0 Å². The second-order valence-corrected chi connectivity index (χ2v) is 6.33. The normalized spacial score (nSPS) is 28.2. The molecule has 1 spiro atoms. The zero-order valence-electron chi connectivity index (χ0n) is 12.5. The van der Waals surface area contributed by atoms with Crippen LogP contribution in [0.3, 0.4) is 0 Å². The molecule has 0 aliphatic carbocycles. The van der Waals surface area contributed by atoms with Crippen molar-refractivity contribution in [2.24, 2.45) is 11.7 Å². The molecule has 0 bridgehead atoms. The number of aliphatic hydroxyl groups is 1. The zero-order valence-corrected chi connectivity index (χ0v) is 12.5. The Morgan fingerprint density at radius 3 is 2.57 bits per heavy atom. The van der Waals surface area contributed by atoms with Crippen molar-refractivity contribution in [3.8, 4) is 0 Å². The predicted molar refractivity (Wildman–Crippen MR) is 80.9 cm³/mol. The molecule has 1 aromatic carbocycles. The lowest BCUT2D eigenvalue weighted by Gasteiger charge is -2.48. The van der Waals surface area contributed by atoms with Gasteiger partial charge in [-0.05, 0) is 37.2 Å². The van der Waals surface area contributed by atoms with Gasteiger partial charge in [-0.25, -0.2) is 0 Å². The molecule has 2 aliphatic rings. The first-order valence-corrected chi connectivity index (χ1v) is 7.88. The highest BCUT2D eigenvalue weighted by Gasteiger charge is 2.46. The van der Waals surface area contributed by atoms with E-state index in [9.17, 15) is 5.11 Å². The van der Waals surface area contributed by atoms with E-state index in [0.29, 0.717) is 6.61 Å². The van der Waals surface area contributed by atoms with Gasteiger partial charge in [0.1, 0.15) is 5.60 Å². The average molecular weight is 291 g/mol. The summed E-state index contributed by atoms with van der Waals surface area (Å²) in [5, 5.41) is 11.2. The van der Waals surface area contributed by atoms with Crippen LogP contribution in [0.25, 0.3) is 0 Å². The van der Waals surface area contributed by atoms with Gasteiger partial charge in [0.25, 0.3) is 0 Å². The van der Waals surface area contributed by atoms with Crippen molar-refractivity contribution in [3.63, 3.8) is 0 Å². The van der Waals surface area contributed by atoms with E-state index < -0.39 is 5.60 Å². The molecule has 4 heteroatoms. The van der Waals surface area contributed by atoms with Gasteiger partial charge in [-0.2, -0.15) is 0 Å². The van der Waals surface area contributed by atoms with Gasteiger partial charge in [0.15, 0.2) is 0 Å². The first kappa shape index (κ1) is 15.0. The molecule has 2 atom stereocenters. The number of hydrogen-bond donors (Lipinski definition) is 2. The number of hydrogen-bond acceptors (Lipinski definition) is 4. The Kier molecular flexibility index (Phi) is 4.31. The van der Waals surface area contributed by atoms with E-state index in [0.717, 1.165) is 44.5 Å². The summed E-state index contributed by atoms with van der Waals surface area (Å²) >= 11 is 0. The van der Waals surface area contributed by atoms with Crippen molar-refractivity contribution in [1.82, 2.24) is 0 Å². The Morgan fingerprint density at radius 1 is 1.19 bits per heavy atom. The molecule has 0 saturated carbocycles. The molecule has 116 valence electrons. The van der Waals surface area contributed by atoms with Gasteiger partial charge < -0.3 is 20.3 Å². The molecule has 0 aromatic heterocycles. The molecule has 4 nitrogen and oxygen atoms in total. The second-order valence-electron chi connectivity index (χ2n) is 6.33. The average Bonchev–Trinajstić information content (AvgIpc) is 2.56. The van der Waals surface area contributed by atoms with Gasteiger partial charge in [0, 0.05) is 26.4 Å².